The molecule has 2 aliphatic rings. The van der Waals surface area contributed by atoms with E-state index in [4.69, 9.17) is 19.9 Å². The van der Waals surface area contributed by atoms with Crippen LogP contribution in [0.15, 0.2) is 19.0 Å². The van der Waals surface area contributed by atoms with Gasteiger partial charge in [-0.25, -0.2) is 15.2 Å². The summed E-state index contributed by atoms with van der Waals surface area (Å²) in [6.45, 7) is 7.78. The molecule has 228 valence electrons. The van der Waals surface area contributed by atoms with E-state index in [1.165, 1.54) is 0 Å². The van der Waals surface area contributed by atoms with Crippen LogP contribution in [-0.4, -0.2) is 75.2 Å². The minimum Gasteiger partial charge on any atom is -0.461 e. The van der Waals surface area contributed by atoms with E-state index in [1.54, 1.807) is 30.8 Å². The maximum atomic E-state index is 13.9. The number of carbonyl (C=O) groups is 2. The number of nitrogens with one attached hydrogen (secondary N) is 3. The molecule has 0 radical (unpaired) electrons. The molecule has 41 heavy (non-hydrogen) atoms. The van der Waals surface area contributed by atoms with E-state index in [0.717, 1.165) is 38.5 Å². The van der Waals surface area contributed by atoms with E-state index in [9.17, 15) is 14.2 Å². The number of rotatable bonds is 16. The molecule has 0 amide bonds. The van der Waals surface area contributed by atoms with E-state index in [1.807, 2.05) is 0 Å². The predicted octanol–water partition coefficient (Wildman–Crippen LogP) is 2.96. The van der Waals surface area contributed by atoms with Gasteiger partial charge in [0, 0.05) is 13.1 Å². The van der Waals surface area contributed by atoms with Crippen molar-refractivity contribution in [2.45, 2.75) is 90.6 Å². The second-order valence-corrected chi connectivity index (χ2v) is 12.4. The quantitative estimate of drug-likeness (QED) is 0.0963. The molecule has 0 aliphatic heterocycles. The number of esters is 2. The van der Waals surface area contributed by atoms with Crippen molar-refractivity contribution in [2.75, 3.05) is 30.6 Å². The van der Waals surface area contributed by atoms with Crippen molar-refractivity contribution in [3.05, 3.63) is 19.0 Å². The molecule has 0 spiro atoms. The van der Waals surface area contributed by atoms with Crippen molar-refractivity contribution in [1.29, 1.82) is 0 Å². The van der Waals surface area contributed by atoms with Gasteiger partial charge < -0.3 is 29.8 Å². The first-order valence-corrected chi connectivity index (χ1v) is 15.5. The molecular weight excluding hydrogens is 551 g/mol. The maximum absolute atomic E-state index is 13.9. The summed E-state index contributed by atoms with van der Waals surface area (Å²) in [5, 5.41) is 8.76. The van der Waals surface area contributed by atoms with Gasteiger partial charge in [-0.05, 0) is 52.4 Å². The number of nitrogens with two attached hydrogens (primary N) is 1. The van der Waals surface area contributed by atoms with E-state index < -0.39 is 31.5 Å². The zero-order valence-electron chi connectivity index (χ0n) is 23.0. The van der Waals surface area contributed by atoms with Crippen molar-refractivity contribution in [3.63, 3.8) is 0 Å². The van der Waals surface area contributed by atoms with Gasteiger partial charge in [-0.2, -0.15) is 9.97 Å². The Morgan fingerprint density at radius 2 is 1.71 bits per heavy atom. The predicted molar refractivity (Wildman–Crippen MR) is 156 cm³/mol. The Hall–Kier alpha value is -3.06. The number of fused-ring (bicyclic) bond motifs is 1. The summed E-state index contributed by atoms with van der Waals surface area (Å²) in [6.07, 6.45) is 8.13. The number of hydrogen-bond donors (Lipinski definition) is 4. The van der Waals surface area contributed by atoms with Crippen LogP contribution in [0.3, 0.4) is 0 Å². The largest absolute Gasteiger partial charge is 0.461 e. The van der Waals surface area contributed by atoms with Crippen molar-refractivity contribution in [3.8, 4) is 0 Å². The Morgan fingerprint density at radius 1 is 1.12 bits per heavy atom. The number of nitrogens with zero attached hydrogens (tertiary/aromatic N) is 4. The summed E-state index contributed by atoms with van der Waals surface area (Å²) in [5.41, 5.74) is 6.93. The topological polar surface area (TPSA) is 185 Å². The third-order valence-corrected chi connectivity index (χ3v) is 8.98. The first kappa shape index (κ1) is 32.5. The van der Waals surface area contributed by atoms with Gasteiger partial charge in [0.1, 0.15) is 30.6 Å². The highest BCUT2D eigenvalue weighted by molar-refractivity contribution is 7.59. The fourth-order valence-corrected chi connectivity index (χ4v) is 6.20. The maximum Gasteiger partial charge on any atom is 0.323 e. The number of ether oxygens (including phenoxy) is 3. The van der Waals surface area contributed by atoms with Gasteiger partial charge in [-0.15, -0.1) is 6.58 Å². The monoisotopic (exact) mass is 594 g/mol. The SMILES string of the molecule is C.C=CCNc1nc(N)nc2c1ncn2CCOCP(=O)(NC(C)C(=O)OC1CCC1)NC(C)C(=O)OC1CCC1. The van der Waals surface area contributed by atoms with Gasteiger partial charge >= 0.3 is 11.9 Å². The molecule has 2 aliphatic carbocycles. The second-order valence-electron chi connectivity index (χ2n) is 10.2. The van der Waals surface area contributed by atoms with Crippen molar-refractivity contribution in [2.24, 2.45) is 0 Å². The van der Waals surface area contributed by atoms with Gasteiger partial charge in [-0.3, -0.25) is 14.2 Å². The van der Waals surface area contributed by atoms with Crippen LogP contribution in [0, 0.1) is 0 Å². The molecule has 2 saturated carbocycles. The van der Waals surface area contributed by atoms with Crippen LogP contribution in [-0.2, 0) is 34.9 Å². The van der Waals surface area contributed by atoms with Gasteiger partial charge in [0.15, 0.2) is 17.0 Å². The fourth-order valence-electron chi connectivity index (χ4n) is 4.13. The lowest BCUT2D eigenvalue weighted by Gasteiger charge is -2.30. The van der Waals surface area contributed by atoms with Crippen LogP contribution in [0.1, 0.15) is 59.8 Å². The molecular formula is C26H43N8O6P. The van der Waals surface area contributed by atoms with E-state index in [-0.39, 0.29) is 38.5 Å². The zero-order chi connectivity index (χ0) is 28.7. The van der Waals surface area contributed by atoms with Crippen molar-refractivity contribution in [1.82, 2.24) is 29.7 Å². The third kappa shape index (κ3) is 8.71. The molecule has 2 aromatic rings. The first-order valence-electron chi connectivity index (χ1n) is 13.6. The Kier molecular flexibility index (Phi) is 11.6. The van der Waals surface area contributed by atoms with Crippen molar-refractivity contribution < 1.29 is 28.4 Å². The van der Waals surface area contributed by atoms with Crippen LogP contribution in [0.5, 0.6) is 0 Å². The van der Waals surface area contributed by atoms with Crippen LogP contribution < -0.4 is 21.2 Å². The molecule has 4 rings (SSSR count). The minimum atomic E-state index is -3.60. The number of carbonyl (C=O) groups excluding carboxylic acids is 2. The highest BCUT2D eigenvalue weighted by atomic mass is 31.2. The van der Waals surface area contributed by atoms with E-state index in [0.29, 0.717) is 30.1 Å². The standard InChI is InChI=1S/C25H39N8O6P.CH4/c1-4-11-27-21-20-22(30-25(26)29-21)33(14-28-20)12-13-37-15-40(36,31-16(2)23(34)38-18-7-5-8-18)32-17(3)24(35)39-19-9-6-10-19;/h4,14,16-19H,1,5-13,15H2,2-3H3,(H2,31,32,36)(H3,26,27,29,30);1H4. The van der Waals surface area contributed by atoms with Gasteiger partial charge in [-0.1, -0.05) is 13.5 Å². The Labute approximate surface area is 240 Å². The summed E-state index contributed by atoms with van der Waals surface area (Å²) in [4.78, 5) is 38.0. The van der Waals surface area contributed by atoms with E-state index in [2.05, 4.69) is 37.0 Å². The molecule has 2 fully saturated rings. The van der Waals surface area contributed by atoms with Gasteiger partial charge in [0.05, 0.1) is 12.9 Å². The molecule has 15 heteroatoms. The molecule has 0 aromatic carbocycles. The molecule has 2 unspecified atom stereocenters. The molecule has 5 N–H and O–H groups in total. The number of aromatic nitrogens is 4. The van der Waals surface area contributed by atoms with Gasteiger partial charge in [0.2, 0.25) is 13.4 Å². The Morgan fingerprint density at radius 3 is 2.22 bits per heavy atom. The first-order chi connectivity index (χ1) is 19.2. The summed E-state index contributed by atoms with van der Waals surface area (Å²) in [7, 11) is -3.60. The van der Waals surface area contributed by atoms with Crippen LogP contribution in [0.2, 0.25) is 0 Å². The average Bonchev–Trinajstić information content (AvgIpc) is 3.26. The molecule has 2 atom stereocenters. The summed E-state index contributed by atoms with van der Waals surface area (Å²) in [6, 6.07) is -1.76. The Balaban J connectivity index is 0.00000462. The molecule has 2 aromatic heterocycles. The lowest BCUT2D eigenvalue weighted by Crippen LogP contribution is -2.44. The molecule has 0 saturated heterocycles. The number of anilines is 2. The van der Waals surface area contributed by atoms with Gasteiger partial charge in [0.25, 0.3) is 0 Å². The smallest absolute Gasteiger partial charge is 0.323 e. The van der Waals surface area contributed by atoms with E-state index >= 15 is 0 Å². The molecule has 0 bridgehead atoms. The summed E-state index contributed by atoms with van der Waals surface area (Å²) in [5.74, 6) is -0.422. The molecule has 14 nitrogen and oxygen atoms in total. The highest BCUT2D eigenvalue weighted by Gasteiger charge is 2.34. The minimum absolute atomic E-state index is 0. The average molecular weight is 595 g/mol. The normalized spacial score (nSPS) is 18.2. The third-order valence-electron chi connectivity index (χ3n) is 6.83. The summed E-state index contributed by atoms with van der Waals surface area (Å²) >= 11 is 0. The number of nitrogen functional groups attached to an aromatic ring is 1. The molecule has 2 heterocycles. The van der Waals surface area contributed by atoms with Crippen LogP contribution >= 0.6 is 7.44 Å². The lowest BCUT2D eigenvalue weighted by atomic mass is 9.96. The number of imidazole rings is 1. The fraction of sp³-hybridized carbons (Fsp3) is 0.654. The van der Waals surface area contributed by atoms with Crippen LogP contribution in [0.25, 0.3) is 11.2 Å². The second kappa shape index (κ2) is 14.7. The van der Waals surface area contributed by atoms with Crippen LogP contribution in [0.4, 0.5) is 11.8 Å². The number of hydrogen-bond acceptors (Lipinski definition) is 11. The van der Waals surface area contributed by atoms with Crippen molar-refractivity contribution >= 4 is 42.3 Å². The Bertz CT molecular complexity index is 1210. The highest BCUT2D eigenvalue weighted by Crippen LogP contribution is 2.38. The summed E-state index contributed by atoms with van der Waals surface area (Å²) < 4.78 is 32.4. The lowest BCUT2D eigenvalue weighted by molar-refractivity contribution is -0.155. The zero-order valence-corrected chi connectivity index (χ0v) is 23.9.